The molecule has 2 heterocycles. The van der Waals surface area contributed by atoms with E-state index < -0.39 is 0 Å². The van der Waals surface area contributed by atoms with Crippen LogP contribution in [0.15, 0.2) is 25.2 Å². The molecule has 0 atom stereocenters. The Labute approximate surface area is 94.7 Å². The van der Waals surface area contributed by atoms with E-state index in [9.17, 15) is 0 Å². The van der Waals surface area contributed by atoms with Crippen LogP contribution in [-0.2, 0) is 0 Å². The molecular weight excluding hydrogens is 322 g/mol. The molecule has 2 aromatic rings. The van der Waals surface area contributed by atoms with Crippen LogP contribution in [0.4, 0.5) is 0 Å². The average molecular weight is 325 g/mol. The third-order valence-electron chi connectivity index (χ3n) is 1.30. The standard InChI is InChI=1S/C7H3Br2NS2/c8-6-2-1-5(12-6)4-3-11-7(9)10-4/h1-3H. The molecule has 0 fully saturated rings. The second kappa shape index (κ2) is 3.57. The van der Waals surface area contributed by atoms with Crippen molar-refractivity contribution < 1.29 is 0 Å². The maximum atomic E-state index is 4.32. The Morgan fingerprint density at radius 3 is 2.58 bits per heavy atom. The highest BCUT2D eigenvalue weighted by molar-refractivity contribution is 9.11. The van der Waals surface area contributed by atoms with Crippen LogP contribution in [0, 0.1) is 0 Å². The molecule has 0 bridgehead atoms. The van der Waals surface area contributed by atoms with Gasteiger partial charge in [-0.2, -0.15) is 0 Å². The Balaban J connectivity index is 2.43. The lowest BCUT2D eigenvalue weighted by atomic mass is 10.4. The molecule has 0 aliphatic rings. The zero-order valence-corrected chi connectivity index (χ0v) is 10.6. The third-order valence-corrected chi connectivity index (χ3v) is 4.31. The van der Waals surface area contributed by atoms with Gasteiger partial charge in [-0.05, 0) is 44.0 Å². The van der Waals surface area contributed by atoms with Crippen molar-refractivity contribution in [2.75, 3.05) is 0 Å². The maximum absolute atomic E-state index is 4.32. The zero-order valence-electron chi connectivity index (χ0n) is 5.75. The predicted octanol–water partition coefficient (Wildman–Crippen LogP) is 4.40. The van der Waals surface area contributed by atoms with Crippen molar-refractivity contribution in [2.24, 2.45) is 0 Å². The molecule has 0 radical (unpaired) electrons. The summed E-state index contributed by atoms with van der Waals surface area (Å²) in [7, 11) is 0. The van der Waals surface area contributed by atoms with E-state index in [1.807, 2.05) is 11.4 Å². The minimum absolute atomic E-state index is 0.932. The quantitative estimate of drug-likeness (QED) is 0.757. The highest BCUT2D eigenvalue weighted by Gasteiger charge is 2.04. The van der Waals surface area contributed by atoms with Gasteiger partial charge in [-0.25, -0.2) is 4.98 Å². The van der Waals surface area contributed by atoms with Crippen LogP contribution in [0.1, 0.15) is 0 Å². The molecule has 0 spiro atoms. The van der Waals surface area contributed by atoms with E-state index in [0.717, 1.165) is 13.4 Å². The van der Waals surface area contributed by atoms with Gasteiger partial charge in [-0.15, -0.1) is 22.7 Å². The molecule has 0 saturated heterocycles. The molecule has 0 aliphatic carbocycles. The molecule has 0 aliphatic heterocycles. The second-order valence-electron chi connectivity index (χ2n) is 2.09. The first-order valence-corrected chi connectivity index (χ1v) is 6.40. The SMILES string of the molecule is Brc1ccc(-c2csc(Br)n2)s1. The predicted molar refractivity (Wildman–Crippen MR) is 60.8 cm³/mol. The molecule has 0 unspecified atom stereocenters. The highest BCUT2D eigenvalue weighted by atomic mass is 79.9. The summed E-state index contributed by atoms with van der Waals surface area (Å²) in [6, 6.07) is 4.10. The van der Waals surface area contributed by atoms with E-state index in [1.54, 1.807) is 22.7 Å². The molecule has 2 rings (SSSR count). The number of thiophene rings is 1. The van der Waals surface area contributed by atoms with E-state index in [-0.39, 0.29) is 0 Å². The molecule has 62 valence electrons. The Morgan fingerprint density at radius 2 is 2.08 bits per heavy atom. The summed E-state index contributed by atoms with van der Waals surface area (Å²) in [4.78, 5) is 5.52. The Kier molecular flexibility index (Phi) is 2.64. The Hall–Kier alpha value is 0.290. The first-order chi connectivity index (χ1) is 5.75. The summed E-state index contributed by atoms with van der Waals surface area (Å²) >= 11 is 10.1. The van der Waals surface area contributed by atoms with Gasteiger partial charge in [0, 0.05) is 5.38 Å². The monoisotopic (exact) mass is 323 g/mol. The number of thiazole rings is 1. The van der Waals surface area contributed by atoms with Crippen LogP contribution in [0.25, 0.3) is 10.6 Å². The largest absolute Gasteiger partial charge is 0.228 e. The lowest BCUT2D eigenvalue weighted by Gasteiger charge is -1.85. The van der Waals surface area contributed by atoms with E-state index in [4.69, 9.17) is 0 Å². The van der Waals surface area contributed by atoms with Gasteiger partial charge in [0.15, 0.2) is 3.92 Å². The van der Waals surface area contributed by atoms with E-state index in [0.29, 0.717) is 0 Å². The van der Waals surface area contributed by atoms with Crippen molar-refractivity contribution in [3.8, 4) is 10.6 Å². The Morgan fingerprint density at radius 1 is 1.25 bits per heavy atom. The smallest absolute Gasteiger partial charge is 0.159 e. The molecule has 0 saturated carbocycles. The molecule has 0 aromatic carbocycles. The fraction of sp³-hybridized carbons (Fsp3) is 0. The molecule has 0 N–H and O–H groups in total. The van der Waals surface area contributed by atoms with Gasteiger partial charge in [0.1, 0.15) is 0 Å². The molecular formula is C7H3Br2NS2. The van der Waals surface area contributed by atoms with E-state index >= 15 is 0 Å². The molecule has 12 heavy (non-hydrogen) atoms. The van der Waals surface area contributed by atoms with Crippen molar-refractivity contribution in [1.29, 1.82) is 0 Å². The van der Waals surface area contributed by atoms with Crippen LogP contribution in [-0.4, -0.2) is 4.98 Å². The minimum Gasteiger partial charge on any atom is -0.228 e. The summed E-state index contributed by atoms with van der Waals surface area (Å²) in [6.45, 7) is 0. The lowest BCUT2D eigenvalue weighted by molar-refractivity contribution is 1.39. The topological polar surface area (TPSA) is 12.9 Å². The minimum atomic E-state index is 0.932. The van der Waals surface area contributed by atoms with Crippen LogP contribution >= 0.6 is 54.5 Å². The van der Waals surface area contributed by atoms with Crippen LogP contribution in [0.5, 0.6) is 0 Å². The molecule has 0 amide bonds. The highest BCUT2D eigenvalue weighted by Crippen LogP contribution is 2.32. The number of nitrogens with zero attached hydrogens (tertiary/aromatic N) is 1. The van der Waals surface area contributed by atoms with Gasteiger partial charge in [-0.1, -0.05) is 0 Å². The lowest BCUT2D eigenvalue weighted by Crippen LogP contribution is -1.67. The Bertz CT molecular complexity index is 355. The van der Waals surface area contributed by atoms with E-state index in [1.165, 1.54) is 4.88 Å². The van der Waals surface area contributed by atoms with Crippen LogP contribution < -0.4 is 0 Å². The van der Waals surface area contributed by atoms with Gasteiger partial charge in [0.2, 0.25) is 0 Å². The van der Waals surface area contributed by atoms with E-state index in [2.05, 4.69) is 42.9 Å². The molecule has 5 heteroatoms. The van der Waals surface area contributed by atoms with Crippen LogP contribution in [0.2, 0.25) is 0 Å². The number of halogens is 2. The number of hydrogen-bond acceptors (Lipinski definition) is 3. The van der Waals surface area contributed by atoms with Gasteiger partial charge in [0.25, 0.3) is 0 Å². The van der Waals surface area contributed by atoms with Gasteiger partial charge in [-0.3, -0.25) is 0 Å². The number of rotatable bonds is 1. The summed E-state index contributed by atoms with van der Waals surface area (Å²) in [5, 5.41) is 2.04. The first kappa shape index (κ1) is 8.87. The summed E-state index contributed by atoms with van der Waals surface area (Å²) in [5.41, 5.74) is 1.04. The van der Waals surface area contributed by atoms with Crippen molar-refractivity contribution >= 4 is 54.5 Å². The number of aromatic nitrogens is 1. The van der Waals surface area contributed by atoms with Crippen LogP contribution in [0.3, 0.4) is 0 Å². The fourth-order valence-corrected chi connectivity index (χ4v) is 3.25. The summed E-state index contributed by atoms with van der Waals surface area (Å²) in [6.07, 6.45) is 0. The maximum Gasteiger partial charge on any atom is 0.159 e. The average Bonchev–Trinajstić information content (AvgIpc) is 2.58. The van der Waals surface area contributed by atoms with Gasteiger partial charge in [0.05, 0.1) is 14.4 Å². The second-order valence-corrected chi connectivity index (χ2v) is 6.69. The van der Waals surface area contributed by atoms with Crippen molar-refractivity contribution in [3.05, 3.63) is 25.2 Å². The van der Waals surface area contributed by atoms with Crippen molar-refractivity contribution in [2.45, 2.75) is 0 Å². The third kappa shape index (κ3) is 1.79. The fourth-order valence-electron chi connectivity index (χ4n) is 0.817. The number of hydrogen-bond donors (Lipinski definition) is 0. The van der Waals surface area contributed by atoms with Gasteiger partial charge >= 0.3 is 0 Å². The van der Waals surface area contributed by atoms with Crippen molar-refractivity contribution in [1.82, 2.24) is 4.98 Å². The normalized spacial score (nSPS) is 10.5. The van der Waals surface area contributed by atoms with Gasteiger partial charge < -0.3 is 0 Å². The first-order valence-electron chi connectivity index (χ1n) is 3.12. The van der Waals surface area contributed by atoms with Crippen molar-refractivity contribution in [3.63, 3.8) is 0 Å². The molecule has 2 aromatic heterocycles. The summed E-state index contributed by atoms with van der Waals surface area (Å²) in [5.74, 6) is 0. The molecule has 1 nitrogen and oxygen atoms in total. The zero-order chi connectivity index (χ0) is 8.55. The summed E-state index contributed by atoms with van der Waals surface area (Å²) < 4.78 is 2.07.